The maximum absolute atomic E-state index is 11.6. The average molecular weight is 366 g/mol. The molecule has 2 aromatic carbocycles. The molecular weight excluding hydrogens is 354 g/mol. The van der Waals surface area contributed by atoms with E-state index >= 15 is 0 Å². The molecule has 1 aromatic heterocycles. The number of rotatable bonds is 2. The molecule has 0 saturated heterocycles. The number of aromatic nitrogens is 2. The van der Waals surface area contributed by atoms with Crippen LogP contribution in [0.2, 0.25) is 0 Å². The van der Waals surface area contributed by atoms with Crippen molar-refractivity contribution in [3.63, 3.8) is 0 Å². The van der Waals surface area contributed by atoms with E-state index in [1.807, 2.05) is 12.1 Å². The minimum absolute atomic E-state index is 0.267. The molecule has 3 aromatic rings. The predicted molar refractivity (Wildman–Crippen MR) is 86.8 cm³/mol. The van der Waals surface area contributed by atoms with E-state index in [-0.39, 0.29) is 4.90 Å². The van der Waals surface area contributed by atoms with Gasteiger partial charge in [0, 0.05) is 22.0 Å². The molecule has 108 valence electrons. The lowest BCUT2D eigenvalue weighted by Gasteiger charge is -2.00. The monoisotopic (exact) mass is 365 g/mol. The van der Waals surface area contributed by atoms with Crippen molar-refractivity contribution in [2.24, 2.45) is 0 Å². The van der Waals surface area contributed by atoms with Gasteiger partial charge in [-0.3, -0.25) is 0 Å². The normalized spacial score (nSPS) is 11.9. The van der Waals surface area contributed by atoms with Gasteiger partial charge in [0.25, 0.3) is 0 Å². The largest absolute Gasteiger partial charge is 0.398 e. The molecule has 0 radical (unpaired) electrons. The Labute approximate surface area is 130 Å². The van der Waals surface area contributed by atoms with Gasteiger partial charge in [0.1, 0.15) is 5.82 Å². The van der Waals surface area contributed by atoms with Gasteiger partial charge < -0.3 is 10.7 Å². The minimum Gasteiger partial charge on any atom is -0.398 e. The van der Waals surface area contributed by atoms with Gasteiger partial charge in [0.15, 0.2) is 9.84 Å². The highest BCUT2D eigenvalue weighted by Crippen LogP contribution is 2.27. The zero-order valence-electron chi connectivity index (χ0n) is 11.1. The Balaban J connectivity index is 2.14. The lowest BCUT2D eigenvalue weighted by atomic mass is 10.2. The summed E-state index contributed by atoms with van der Waals surface area (Å²) < 4.78 is 24.0. The molecule has 0 spiro atoms. The summed E-state index contributed by atoms with van der Waals surface area (Å²) in [6.45, 7) is 0. The first kappa shape index (κ1) is 14.1. The molecule has 3 rings (SSSR count). The number of halogens is 1. The van der Waals surface area contributed by atoms with Gasteiger partial charge in [-0.2, -0.15) is 0 Å². The Bertz CT molecular complexity index is 948. The van der Waals surface area contributed by atoms with Crippen molar-refractivity contribution in [1.82, 2.24) is 9.97 Å². The van der Waals surface area contributed by atoms with Crippen LogP contribution in [0.25, 0.3) is 22.4 Å². The number of anilines is 1. The highest BCUT2D eigenvalue weighted by molar-refractivity contribution is 9.10. The van der Waals surface area contributed by atoms with Gasteiger partial charge in [-0.15, -0.1) is 0 Å². The molecule has 0 saturated carbocycles. The number of nitrogen functional groups attached to an aromatic ring is 1. The van der Waals surface area contributed by atoms with Crippen molar-refractivity contribution >= 4 is 42.5 Å². The maximum atomic E-state index is 11.6. The van der Waals surface area contributed by atoms with Gasteiger partial charge in [0.05, 0.1) is 15.9 Å². The summed E-state index contributed by atoms with van der Waals surface area (Å²) in [4.78, 5) is 7.87. The topological polar surface area (TPSA) is 88.8 Å². The fourth-order valence-corrected chi connectivity index (χ4v) is 3.06. The summed E-state index contributed by atoms with van der Waals surface area (Å²) in [6.07, 6.45) is 1.18. The highest BCUT2D eigenvalue weighted by atomic mass is 79.9. The van der Waals surface area contributed by atoms with Crippen molar-refractivity contribution in [3.05, 3.63) is 40.9 Å². The van der Waals surface area contributed by atoms with Crippen LogP contribution in [-0.2, 0) is 9.84 Å². The molecule has 5 nitrogen and oxygen atoms in total. The average Bonchev–Trinajstić information content (AvgIpc) is 2.83. The standard InChI is InChI=1S/C14H12BrN3O2S/c1-21(19,20)9-3-5-12-13(7-9)18-14(17-12)8-2-4-11(16)10(15)6-8/h2-7H,16H2,1H3,(H,17,18). The van der Waals surface area contributed by atoms with Crippen LogP contribution < -0.4 is 5.73 Å². The molecule has 0 aliphatic rings. The number of aromatic amines is 1. The fourth-order valence-electron chi connectivity index (χ4n) is 2.03. The van der Waals surface area contributed by atoms with E-state index in [1.54, 1.807) is 24.3 Å². The van der Waals surface area contributed by atoms with E-state index in [0.717, 1.165) is 10.0 Å². The SMILES string of the molecule is CS(=O)(=O)c1ccc2nc(-c3ccc(N)c(Br)c3)[nH]c2c1. The first-order valence-electron chi connectivity index (χ1n) is 6.10. The number of fused-ring (bicyclic) bond motifs is 1. The first-order valence-corrected chi connectivity index (χ1v) is 8.78. The van der Waals surface area contributed by atoms with Crippen LogP contribution in [0.5, 0.6) is 0 Å². The Kier molecular flexibility index (Phi) is 3.26. The Hall–Kier alpha value is -1.86. The zero-order valence-corrected chi connectivity index (χ0v) is 13.5. The molecule has 3 N–H and O–H groups in total. The third kappa shape index (κ3) is 2.66. The number of nitrogens with two attached hydrogens (primary N) is 1. The minimum atomic E-state index is -3.23. The quantitative estimate of drug-likeness (QED) is 0.683. The molecule has 0 unspecified atom stereocenters. The van der Waals surface area contributed by atoms with Gasteiger partial charge >= 0.3 is 0 Å². The second-order valence-corrected chi connectivity index (χ2v) is 7.64. The summed E-state index contributed by atoms with van der Waals surface area (Å²) in [7, 11) is -3.23. The van der Waals surface area contributed by atoms with Gasteiger partial charge in [0.2, 0.25) is 0 Å². The van der Waals surface area contributed by atoms with Crippen molar-refractivity contribution in [1.29, 1.82) is 0 Å². The number of hydrogen-bond acceptors (Lipinski definition) is 4. The molecule has 7 heteroatoms. The number of hydrogen-bond donors (Lipinski definition) is 2. The van der Waals surface area contributed by atoms with Crippen LogP contribution >= 0.6 is 15.9 Å². The van der Waals surface area contributed by atoms with E-state index in [0.29, 0.717) is 22.5 Å². The van der Waals surface area contributed by atoms with Gasteiger partial charge in [-0.1, -0.05) is 0 Å². The van der Waals surface area contributed by atoms with Crippen molar-refractivity contribution in [2.75, 3.05) is 12.0 Å². The van der Waals surface area contributed by atoms with E-state index in [1.165, 1.54) is 6.26 Å². The van der Waals surface area contributed by atoms with Crippen molar-refractivity contribution in [3.8, 4) is 11.4 Å². The van der Waals surface area contributed by atoms with Crippen LogP contribution in [0, 0.1) is 0 Å². The number of H-pyrrole nitrogens is 1. The number of imidazole rings is 1. The third-order valence-corrected chi connectivity index (χ3v) is 4.95. The fraction of sp³-hybridized carbons (Fsp3) is 0.0714. The molecule has 0 aliphatic heterocycles. The first-order chi connectivity index (χ1) is 9.84. The second-order valence-electron chi connectivity index (χ2n) is 4.77. The van der Waals surface area contributed by atoms with Crippen molar-refractivity contribution in [2.45, 2.75) is 4.90 Å². The molecule has 0 atom stereocenters. The summed E-state index contributed by atoms with van der Waals surface area (Å²) >= 11 is 3.38. The molecular formula is C14H12BrN3O2S. The second kappa shape index (κ2) is 4.85. The smallest absolute Gasteiger partial charge is 0.175 e. The molecule has 0 aliphatic carbocycles. The zero-order chi connectivity index (χ0) is 15.2. The van der Waals surface area contributed by atoms with E-state index in [9.17, 15) is 8.42 Å². The number of sulfone groups is 1. The Morgan fingerprint density at radius 2 is 1.95 bits per heavy atom. The lowest BCUT2D eigenvalue weighted by molar-refractivity contribution is 0.602. The van der Waals surface area contributed by atoms with Gasteiger partial charge in [-0.25, -0.2) is 13.4 Å². The molecule has 0 fully saturated rings. The predicted octanol–water partition coefficient (Wildman–Crippen LogP) is 2.98. The summed E-state index contributed by atoms with van der Waals surface area (Å²) in [5.41, 5.74) is 8.68. The lowest BCUT2D eigenvalue weighted by Crippen LogP contribution is -1.96. The maximum Gasteiger partial charge on any atom is 0.175 e. The van der Waals surface area contributed by atoms with Crippen molar-refractivity contribution < 1.29 is 8.42 Å². The molecule has 0 amide bonds. The summed E-state index contributed by atoms with van der Waals surface area (Å²) in [6, 6.07) is 10.3. The number of nitrogens with one attached hydrogen (secondary N) is 1. The summed E-state index contributed by atoms with van der Waals surface area (Å²) in [5, 5.41) is 0. The summed E-state index contributed by atoms with van der Waals surface area (Å²) in [5.74, 6) is 0.663. The van der Waals surface area contributed by atoms with E-state index < -0.39 is 9.84 Å². The molecule has 1 heterocycles. The van der Waals surface area contributed by atoms with Crippen LogP contribution in [0.4, 0.5) is 5.69 Å². The number of benzene rings is 2. The Morgan fingerprint density at radius 3 is 2.62 bits per heavy atom. The van der Waals surface area contributed by atoms with Crippen LogP contribution in [0.15, 0.2) is 45.8 Å². The highest BCUT2D eigenvalue weighted by Gasteiger charge is 2.11. The third-order valence-electron chi connectivity index (χ3n) is 3.16. The molecule has 0 bridgehead atoms. The Morgan fingerprint density at radius 1 is 1.19 bits per heavy atom. The van der Waals surface area contributed by atoms with Crippen LogP contribution in [0.1, 0.15) is 0 Å². The van der Waals surface area contributed by atoms with Crippen LogP contribution in [-0.4, -0.2) is 24.6 Å². The van der Waals surface area contributed by atoms with E-state index in [4.69, 9.17) is 5.73 Å². The van der Waals surface area contributed by atoms with E-state index in [2.05, 4.69) is 25.9 Å². The van der Waals surface area contributed by atoms with Gasteiger partial charge in [-0.05, 0) is 52.3 Å². The number of nitrogens with zero attached hydrogens (tertiary/aromatic N) is 1. The molecule has 21 heavy (non-hydrogen) atoms. The van der Waals surface area contributed by atoms with Crippen LogP contribution in [0.3, 0.4) is 0 Å².